The molecule has 3 heterocycles. The minimum Gasteiger partial charge on any atom is -0.497 e. The second-order valence-electron chi connectivity index (χ2n) is 6.27. The maximum Gasteiger partial charge on any atom is 0.159 e. The van der Waals surface area contributed by atoms with Crippen LogP contribution in [0, 0.1) is 0 Å². The third kappa shape index (κ3) is 3.10. The molecule has 0 amide bonds. The standard InChI is InChI=1S/C20H21N3O/c1-24-18-6-4-15(5-7-18)8-11-23-12-9-19-17(14-23)13-16-3-2-10-21-20(16)22-19/h2-7,10,13H,8-9,11-12,14H2,1H3. The summed E-state index contributed by atoms with van der Waals surface area (Å²) in [6, 6.07) is 14.7. The molecule has 0 aliphatic carbocycles. The molecule has 1 aromatic carbocycles. The zero-order chi connectivity index (χ0) is 16.4. The fraction of sp³-hybridized carbons (Fsp3) is 0.300. The number of aromatic nitrogens is 2. The fourth-order valence-electron chi connectivity index (χ4n) is 3.29. The summed E-state index contributed by atoms with van der Waals surface area (Å²) in [6.07, 6.45) is 3.87. The summed E-state index contributed by atoms with van der Waals surface area (Å²) in [5.41, 5.74) is 4.77. The zero-order valence-electron chi connectivity index (χ0n) is 13.9. The lowest BCUT2D eigenvalue weighted by Crippen LogP contribution is -2.32. The zero-order valence-corrected chi connectivity index (χ0v) is 13.9. The molecule has 1 aliphatic rings. The molecule has 24 heavy (non-hydrogen) atoms. The van der Waals surface area contributed by atoms with Gasteiger partial charge in [-0.2, -0.15) is 0 Å². The highest BCUT2D eigenvalue weighted by Crippen LogP contribution is 2.22. The molecule has 122 valence electrons. The van der Waals surface area contributed by atoms with Gasteiger partial charge < -0.3 is 4.74 Å². The van der Waals surface area contributed by atoms with Gasteiger partial charge in [0.15, 0.2) is 5.65 Å². The van der Waals surface area contributed by atoms with Gasteiger partial charge in [0.25, 0.3) is 0 Å². The average molecular weight is 319 g/mol. The molecule has 0 unspecified atom stereocenters. The van der Waals surface area contributed by atoms with Crippen molar-refractivity contribution in [2.24, 2.45) is 0 Å². The largest absolute Gasteiger partial charge is 0.497 e. The van der Waals surface area contributed by atoms with Crippen molar-refractivity contribution < 1.29 is 4.74 Å². The summed E-state index contributed by atoms with van der Waals surface area (Å²) in [5, 5.41) is 1.13. The Labute approximate surface area is 142 Å². The third-order valence-electron chi connectivity index (χ3n) is 4.69. The topological polar surface area (TPSA) is 38.2 Å². The van der Waals surface area contributed by atoms with Gasteiger partial charge in [0, 0.05) is 43.3 Å². The van der Waals surface area contributed by atoms with E-state index in [0.29, 0.717) is 0 Å². The summed E-state index contributed by atoms with van der Waals surface area (Å²) in [4.78, 5) is 11.6. The van der Waals surface area contributed by atoms with Crippen LogP contribution in [0.2, 0.25) is 0 Å². The van der Waals surface area contributed by atoms with Gasteiger partial charge in [-0.15, -0.1) is 0 Å². The van der Waals surface area contributed by atoms with Gasteiger partial charge in [-0.3, -0.25) is 4.90 Å². The van der Waals surface area contributed by atoms with Crippen LogP contribution in [0.15, 0.2) is 48.7 Å². The molecule has 0 bridgehead atoms. The molecule has 3 aromatic rings. The van der Waals surface area contributed by atoms with Crippen molar-refractivity contribution in [1.82, 2.24) is 14.9 Å². The van der Waals surface area contributed by atoms with Crippen LogP contribution < -0.4 is 4.74 Å². The van der Waals surface area contributed by atoms with E-state index in [1.54, 1.807) is 7.11 Å². The second kappa shape index (κ2) is 6.57. The summed E-state index contributed by atoms with van der Waals surface area (Å²) >= 11 is 0. The number of benzene rings is 1. The van der Waals surface area contributed by atoms with Crippen molar-refractivity contribution in [2.45, 2.75) is 19.4 Å². The maximum absolute atomic E-state index is 5.22. The molecular weight excluding hydrogens is 298 g/mol. The average Bonchev–Trinajstić information content (AvgIpc) is 2.65. The first kappa shape index (κ1) is 15.1. The molecule has 0 N–H and O–H groups in total. The molecule has 4 rings (SSSR count). The molecule has 0 fully saturated rings. The van der Waals surface area contributed by atoms with Crippen LogP contribution in [0.4, 0.5) is 0 Å². The van der Waals surface area contributed by atoms with E-state index in [0.717, 1.165) is 49.3 Å². The Morgan fingerprint density at radius 1 is 1.17 bits per heavy atom. The predicted octanol–water partition coefficient (Wildman–Crippen LogP) is 3.24. The van der Waals surface area contributed by atoms with Gasteiger partial charge in [-0.05, 0) is 47.9 Å². The summed E-state index contributed by atoms with van der Waals surface area (Å²) in [5.74, 6) is 0.914. The monoisotopic (exact) mass is 319 g/mol. The van der Waals surface area contributed by atoms with E-state index in [1.165, 1.54) is 16.8 Å². The van der Waals surface area contributed by atoms with Gasteiger partial charge in [-0.1, -0.05) is 12.1 Å². The number of hydrogen-bond donors (Lipinski definition) is 0. The van der Waals surface area contributed by atoms with Crippen molar-refractivity contribution in [3.63, 3.8) is 0 Å². The Hall–Kier alpha value is -2.46. The van der Waals surface area contributed by atoms with Crippen molar-refractivity contribution in [2.75, 3.05) is 20.2 Å². The first-order valence-electron chi connectivity index (χ1n) is 8.40. The van der Waals surface area contributed by atoms with Gasteiger partial charge in [-0.25, -0.2) is 9.97 Å². The lowest BCUT2D eigenvalue weighted by atomic mass is 10.0. The molecule has 0 saturated carbocycles. The lowest BCUT2D eigenvalue weighted by molar-refractivity contribution is 0.255. The van der Waals surface area contributed by atoms with Crippen molar-refractivity contribution in [3.8, 4) is 5.75 Å². The highest BCUT2D eigenvalue weighted by atomic mass is 16.5. The molecule has 0 atom stereocenters. The number of ether oxygens (including phenoxy) is 1. The predicted molar refractivity (Wildman–Crippen MR) is 95.2 cm³/mol. The van der Waals surface area contributed by atoms with Crippen molar-refractivity contribution >= 4 is 11.0 Å². The Kier molecular flexibility index (Phi) is 4.13. The van der Waals surface area contributed by atoms with Crippen LogP contribution in [0.5, 0.6) is 5.75 Å². The van der Waals surface area contributed by atoms with Crippen molar-refractivity contribution in [3.05, 3.63) is 65.5 Å². The van der Waals surface area contributed by atoms with E-state index in [9.17, 15) is 0 Å². The Morgan fingerprint density at radius 2 is 2.04 bits per heavy atom. The van der Waals surface area contributed by atoms with Crippen LogP contribution in [0.3, 0.4) is 0 Å². The van der Waals surface area contributed by atoms with Crippen LogP contribution in [0.1, 0.15) is 16.8 Å². The number of pyridine rings is 2. The number of nitrogens with zero attached hydrogens (tertiary/aromatic N) is 3. The maximum atomic E-state index is 5.22. The van der Waals surface area contributed by atoms with Crippen LogP contribution >= 0.6 is 0 Å². The molecular formula is C20H21N3O. The summed E-state index contributed by atoms with van der Waals surface area (Å²) < 4.78 is 5.22. The molecule has 2 aromatic heterocycles. The third-order valence-corrected chi connectivity index (χ3v) is 4.69. The smallest absolute Gasteiger partial charge is 0.159 e. The molecule has 0 saturated heterocycles. The quantitative estimate of drug-likeness (QED) is 0.740. The highest BCUT2D eigenvalue weighted by molar-refractivity contribution is 5.75. The molecule has 1 aliphatic heterocycles. The molecule has 0 radical (unpaired) electrons. The first-order valence-corrected chi connectivity index (χ1v) is 8.40. The first-order chi connectivity index (χ1) is 11.8. The van der Waals surface area contributed by atoms with Gasteiger partial charge in [0.05, 0.1) is 7.11 Å². The normalized spacial score (nSPS) is 14.5. The number of methoxy groups -OCH3 is 1. The van der Waals surface area contributed by atoms with E-state index in [2.05, 4.69) is 34.1 Å². The van der Waals surface area contributed by atoms with Crippen LogP contribution in [0.25, 0.3) is 11.0 Å². The van der Waals surface area contributed by atoms with Crippen molar-refractivity contribution in [1.29, 1.82) is 0 Å². The van der Waals surface area contributed by atoms with E-state index in [-0.39, 0.29) is 0 Å². The van der Waals surface area contributed by atoms with Gasteiger partial charge in [0.1, 0.15) is 5.75 Å². The molecule has 0 spiro atoms. The van der Waals surface area contributed by atoms with Crippen LogP contribution in [-0.2, 0) is 19.4 Å². The van der Waals surface area contributed by atoms with E-state index >= 15 is 0 Å². The summed E-state index contributed by atoms with van der Waals surface area (Å²) in [7, 11) is 1.70. The molecule has 4 nitrogen and oxygen atoms in total. The Balaban J connectivity index is 1.44. The molecule has 4 heteroatoms. The van der Waals surface area contributed by atoms with E-state index in [1.807, 2.05) is 24.4 Å². The number of fused-ring (bicyclic) bond motifs is 2. The fourth-order valence-corrected chi connectivity index (χ4v) is 3.29. The van der Waals surface area contributed by atoms with Gasteiger partial charge in [0.2, 0.25) is 0 Å². The Bertz CT molecular complexity index is 845. The Morgan fingerprint density at radius 3 is 2.88 bits per heavy atom. The number of hydrogen-bond acceptors (Lipinski definition) is 4. The second-order valence-corrected chi connectivity index (χ2v) is 6.27. The van der Waals surface area contributed by atoms with E-state index < -0.39 is 0 Å². The summed E-state index contributed by atoms with van der Waals surface area (Å²) in [6.45, 7) is 3.11. The minimum atomic E-state index is 0.864. The highest BCUT2D eigenvalue weighted by Gasteiger charge is 2.18. The minimum absolute atomic E-state index is 0.864. The lowest BCUT2D eigenvalue weighted by Gasteiger charge is -2.28. The number of rotatable bonds is 4. The van der Waals surface area contributed by atoms with E-state index in [4.69, 9.17) is 9.72 Å². The van der Waals surface area contributed by atoms with Gasteiger partial charge >= 0.3 is 0 Å². The van der Waals surface area contributed by atoms with Crippen LogP contribution in [-0.4, -0.2) is 35.1 Å². The SMILES string of the molecule is COc1ccc(CCN2CCc3nc4ncccc4cc3C2)cc1.